The van der Waals surface area contributed by atoms with E-state index in [0.29, 0.717) is 29.9 Å². The molecule has 7 rings (SSSR count). The highest BCUT2D eigenvalue weighted by molar-refractivity contribution is 6.05. The Morgan fingerprint density at radius 1 is 0.907 bits per heavy atom. The van der Waals surface area contributed by atoms with Crippen LogP contribution in [-0.4, -0.2) is 34.8 Å². The second-order valence-electron chi connectivity index (χ2n) is 14.5. The summed E-state index contributed by atoms with van der Waals surface area (Å²) in [5.41, 5.74) is 3.43. The van der Waals surface area contributed by atoms with Gasteiger partial charge in [-0.1, -0.05) is 55.8 Å². The molecule has 9 unspecified atom stereocenters. The molecule has 5 aliphatic carbocycles. The Morgan fingerprint density at radius 3 is 2.37 bits per heavy atom. The number of carbonyl (C=O) groups is 4. The molecule has 43 heavy (non-hydrogen) atoms. The largest absolute Gasteiger partial charge is 0.462 e. The molecule has 3 saturated carbocycles. The maximum absolute atomic E-state index is 14.1. The highest BCUT2D eigenvalue weighted by Crippen LogP contribution is 2.70. The molecule has 1 heterocycles. The first kappa shape index (κ1) is 28.5. The van der Waals surface area contributed by atoms with E-state index < -0.39 is 11.8 Å². The lowest BCUT2D eigenvalue weighted by Crippen LogP contribution is -2.50. The van der Waals surface area contributed by atoms with E-state index >= 15 is 0 Å². The lowest BCUT2D eigenvalue weighted by molar-refractivity contribution is -0.148. The predicted molar refractivity (Wildman–Crippen MR) is 159 cm³/mol. The molecule has 228 valence electrons. The molecule has 7 nitrogen and oxygen atoms in total. The average molecular weight is 586 g/mol. The fourth-order valence-corrected chi connectivity index (χ4v) is 10.7. The third kappa shape index (κ3) is 4.35. The molecule has 1 aromatic rings. The number of allylic oxidation sites excluding steroid dienone is 3. The van der Waals surface area contributed by atoms with Crippen LogP contribution < -0.4 is 0 Å². The third-order valence-electron chi connectivity index (χ3n) is 12.4. The van der Waals surface area contributed by atoms with Crippen molar-refractivity contribution in [3.05, 3.63) is 58.9 Å². The minimum Gasteiger partial charge on any atom is -0.462 e. The van der Waals surface area contributed by atoms with E-state index in [1.165, 1.54) is 24.3 Å². The Morgan fingerprint density at radius 2 is 1.65 bits per heavy atom. The van der Waals surface area contributed by atoms with Gasteiger partial charge in [0.05, 0.1) is 18.4 Å². The molecule has 0 bridgehead atoms. The lowest BCUT2D eigenvalue weighted by Gasteiger charge is -2.57. The summed E-state index contributed by atoms with van der Waals surface area (Å²) in [5, 5.41) is 0. The number of rotatable bonds is 4. The van der Waals surface area contributed by atoms with Gasteiger partial charge in [0.2, 0.25) is 11.8 Å². The fourth-order valence-electron chi connectivity index (χ4n) is 10.7. The molecule has 1 aliphatic heterocycles. The smallest absolute Gasteiger partial charge is 0.307 e. The van der Waals surface area contributed by atoms with Crippen LogP contribution in [0.5, 0.6) is 0 Å². The van der Waals surface area contributed by atoms with Gasteiger partial charge >= 0.3 is 11.9 Å². The summed E-state index contributed by atoms with van der Waals surface area (Å²) < 4.78 is 11.6. The summed E-state index contributed by atoms with van der Waals surface area (Å²) in [6.45, 7) is 7.97. The summed E-state index contributed by atoms with van der Waals surface area (Å²) >= 11 is 0. The molecule has 2 amide bonds. The standard InChI is InChI=1S/C36H43NO6/c1-20(38)42-24-12-14-35(3)23(16-24)10-11-25-28(35)13-15-36(4)29(25)17-26-31-27(18-30(32(26)36)43-21(2)39)33(40)37(34(31)41)19-22-8-6-5-7-9-22/h5-10,24-29,31H,11-19H2,1-4H3. The number of hydrogen-bond acceptors (Lipinski definition) is 6. The van der Waals surface area contributed by atoms with Crippen molar-refractivity contribution in [2.24, 2.45) is 46.3 Å². The normalized spacial score (nSPS) is 39.7. The lowest BCUT2D eigenvalue weighted by atomic mass is 9.47. The molecule has 1 saturated heterocycles. The Bertz CT molecular complexity index is 1440. The van der Waals surface area contributed by atoms with E-state index in [4.69, 9.17) is 9.47 Å². The maximum atomic E-state index is 14.1. The van der Waals surface area contributed by atoms with Gasteiger partial charge in [-0.15, -0.1) is 0 Å². The molecule has 0 radical (unpaired) electrons. The molecule has 6 aliphatic rings. The van der Waals surface area contributed by atoms with Crippen LogP contribution in [0.1, 0.15) is 84.6 Å². The Hall–Kier alpha value is -3.22. The molecule has 0 aromatic heterocycles. The van der Waals surface area contributed by atoms with Crippen molar-refractivity contribution >= 4 is 23.8 Å². The number of likely N-dealkylation sites (tertiary alicyclic amines) is 1. The van der Waals surface area contributed by atoms with Crippen LogP contribution in [0.4, 0.5) is 0 Å². The summed E-state index contributed by atoms with van der Waals surface area (Å²) in [5.74, 6) is 0.258. The van der Waals surface area contributed by atoms with Crippen LogP contribution in [0.3, 0.4) is 0 Å². The van der Waals surface area contributed by atoms with Gasteiger partial charge in [0.1, 0.15) is 11.9 Å². The van der Waals surface area contributed by atoms with Gasteiger partial charge in [0, 0.05) is 26.7 Å². The van der Waals surface area contributed by atoms with Crippen molar-refractivity contribution in [3.63, 3.8) is 0 Å². The Labute approximate surface area is 254 Å². The van der Waals surface area contributed by atoms with E-state index in [0.717, 1.165) is 56.1 Å². The van der Waals surface area contributed by atoms with E-state index in [9.17, 15) is 19.2 Å². The van der Waals surface area contributed by atoms with Crippen LogP contribution in [-0.2, 0) is 35.2 Å². The molecule has 9 atom stereocenters. The molecule has 7 heteroatoms. The highest BCUT2D eigenvalue weighted by atomic mass is 16.5. The predicted octanol–water partition coefficient (Wildman–Crippen LogP) is 6.13. The third-order valence-corrected chi connectivity index (χ3v) is 12.4. The van der Waals surface area contributed by atoms with E-state index in [1.807, 2.05) is 30.3 Å². The monoisotopic (exact) mass is 585 g/mol. The van der Waals surface area contributed by atoms with Crippen LogP contribution in [0.25, 0.3) is 0 Å². The van der Waals surface area contributed by atoms with Crippen molar-refractivity contribution in [2.45, 2.75) is 91.7 Å². The zero-order valence-electron chi connectivity index (χ0n) is 25.8. The number of amides is 2. The fraction of sp³-hybridized carbons (Fsp3) is 0.611. The number of fused-ring (bicyclic) bond motifs is 9. The van der Waals surface area contributed by atoms with Crippen LogP contribution in [0, 0.1) is 46.3 Å². The maximum Gasteiger partial charge on any atom is 0.307 e. The number of esters is 2. The molecular weight excluding hydrogens is 542 g/mol. The second-order valence-corrected chi connectivity index (χ2v) is 14.5. The zero-order valence-corrected chi connectivity index (χ0v) is 25.8. The van der Waals surface area contributed by atoms with Gasteiger partial charge in [0.25, 0.3) is 0 Å². The van der Waals surface area contributed by atoms with E-state index in [2.05, 4.69) is 19.9 Å². The van der Waals surface area contributed by atoms with Crippen LogP contribution in [0.2, 0.25) is 0 Å². The van der Waals surface area contributed by atoms with Gasteiger partial charge in [-0.3, -0.25) is 24.1 Å². The van der Waals surface area contributed by atoms with Gasteiger partial charge in [-0.05, 0) is 84.2 Å². The number of imide groups is 1. The summed E-state index contributed by atoms with van der Waals surface area (Å²) in [6.07, 6.45) is 9.34. The number of carbonyl (C=O) groups excluding carboxylic acids is 4. The first-order valence-corrected chi connectivity index (χ1v) is 16.2. The number of benzene rings is 1. The number of nitrogens with zero attached hydrogens (tertiary/aromatic N) is 1. The SMILES string of the molecule is CC(=O)OC1=C2C(CC3C4CC=C5CC(OC(C)=O)CCC5(C)C4CCC23C)C2C(=O)N(Cc3ccccc3)C(=O)C2C1. The van der Waals surface area contributed by atoms with Crippen LogP contribution >= 0.6 is 0 Å². The average Bonchev–Trinajstić information content (AvgIpc) is 3.40. The Balaban J connectivity index is 1.22. The van der Waals surface area contributed by atoms with Crippen molar-refractivity contribution in [1.82, 2.24) is 4.90 Å². The minimum atomic E-state index is -0.481. The van der Waals surface area contributed by atoms with Crippen molar-refractivity contribution in [3.8, 4) is 0 Å². The van der Waals surface area contributed by atoms with Crippen molar-refractivity contribution in [1.29, 1.82) is 0 Å². The molecular formula is C36H43NO6. The van der Waals surface area contributed by atoms with Crippen molar-refractivity contribution in [2.75, 3.05) is 0 Å². The number of hydrogen-bond donors (Lipinski definition) is 0. The van der Waals surface area contributed by atoms with Crippen molar-refractivity contribution < 1.29 is 28.7 Å². The second kappa shape index (κ2) is 10.2. The Kier molecular flexibility index (Phi) is 6.75. The van der Waals surface area contributed by atoms with E-state index in [1.54, 1.807) is 0 Å². The summed E-state index contributed by atoms with van der Waals surface area (Å²) in [7, 11) is 0. The molecule has 1 aromatic carbocycles. The topological polar surface area (TPSA) is 90.0 Å². The molecule has 0 N–H and O–H groups in total. The molecule has 4 fully saturated rings. The highest BCUT2D eigenvalue weighted by Gasteiger charge is 2.66. The minimum absolute atomic E-state index is 0.0327. The summed E-state index contributed by atoms with van der Waals surface area (Å²) in [4.78, 5) is 53.4. The molecule has 0 spiro atoms. The summed E-state index contributed by atoms with van der Waals surface area (Å²) in [6, 6.07) is 9.69. The van der Waals surface area contributed by atoms with Gasteiger partial charge in [-0.25, -0.2) is 0 Å². The number of ether oxygens (including phenoxy) is 2. The quantitative estimate of drug-likeness (QED) is 0.240. The van der Waals surface area contributed by atoms with Crippen LogP contribution in [0.15, 0.2) is 53.3 Å². The van der Waals surface area contributed by atoms with Gasteiger partial charge in [0.15, 0.2) is 0 Å². The van der Waals surface area contributed by atoms with Gasteiger partial charge < -0.3 is 9.47 Å². The first-order chi connectivity index (χ1) is 20.5. The van der Waals surface area contributed by atoms with Gasteiger partial charge in [-0.2, -0.15) is 0 Å². The zero-order chi connectivity index (χ0) is 30.3. The first-order valence-electron chi connectivity index (χ1n) is 16.2. The van der Waals surface area contributed by atoms with E-state index in [-0.39, 0.29) is 53.1 Å².